The maximum Gasteiger partial charge on any atom is 0.308 e. The van der Waals surface area contributed by atoms with Gasteiger partial charge in [-0.3, -0.25) is 4.79 Å². The highest BCUT2D eigenvalue weighted by Crippen LogP contribution is 2.22. The summed E-state index contributed by atoms with van der Waals surface area (Å²) >= 11 is 0. The second-order valence-electron chi connectivity index (χ2n) is 8.18. The molecule has 0 saturated carbocycles. The summed E-state index contributed by atoms with van der Waals surface area (Å²) < 4.78 is 5.84. The van der Waals surface area contributed by atoms with E-state index in [1.54, 1.807) is 0 Å². The smallest absolute Gasteiger partial charge is 0.308 e. The van der Waals surface area contributed by atoms with Gasteiger partial charge in [0.05, 0.1) is 12.5 Å². The first-order chi connectivity index (χ1) is 12.7. The van der Waals surface area contributed by atoms with E-state index in [9.17, 15) is 4.79 Å². The van der Waals surface area contributed by atoms with Crippen molar-refractivity contribution in [3.8, 4) is 0 Å². The van der Waals surface area contributed by atoms with E-state index < -0.39 is 0 Å². The summed E-state index contributed by atoms with van der Waals surface area (Å²) in [4.78, 5) is 12.6. The first kappa shape index (κ1) is 25.5. The van der Waals surface area contributed by atoms with Gasteiger partial charge in [-0.25, -0.2) is 0 Å². The van der Waals surface area contributed by atoms with Crippen molar-refractivity contribution < 1.29 is 9.53 Å². The zero-order valence-electron chi connectivity index (χ0n) is 18.5. The number of ether oxygens (including phenoxy) is 1. The maximum atomic E-state index is 12.6. The van der Waals surface area contributed by atoms with Crippen LogP contribution in [-0.2, 0) is 9.53 Å². The van der Waals surface area contributed by atoms with Crippen LogP contribution < -0.4 is 0 Å². The van der Waals surface area contributed by atoms with Gasteiger partial charge in [-0.05, 0) is 31.6 Å². The molecule has 2 atom stereocenters. The Morgan fingerprint density at radius 2 is 1.08 bits per heavy atom. The van der Waals surface area contributed by atoms with Gasteiger partial charge in [0.25, 0.3) is 0 Å². The van der Waals surface area contributed by atoms with Crippen molar-refractivity contribution in [1.82, 2.24) is 0 Å². The molecule has 0 heterocycles. The van der Waals surface area contributed by atoms with Crippen molar-refractivity contribution in [3.05, 3.63) is 0 Å². The van der Waals surface area contributed by atoms with Gasteiger partial charge in [-0.2, -0.15) is 0 Å². The number of rotatable bonds is 19. The number of carbonyl (C=O) groups is 1. The molecule has 0 bridgehead atoms. The molecule has 0 rings (SSSR count). The Kier molecular flexibility index (Phi) is 18.8. The molecule has 0 aliphatic rings. The molecule has 0 aliphatic heterocycles. The van der Waals surface area contributed by atoms with Crippen molar-refractivity contribution in [2.45, 2.75) is 130 Å². The first-order valence-corrected chi connectivity index (χ1v) is 11.9. The molecule has 2 nitrogen and oxygen atoms in total. The van der Waals surface area contributed by atoms with Crippen LogP contribution in [0.2, 0.25) is 0 Å². The summed E-state index contributed by atoms with van der Waals surface area (Å²) in [7, 11) is 0. The van der Waals surface area contributed by atoms with Crippen molar-refractivity contribution >= 4 is 5.97 Å². The molecule has 0 aliphatic carbocycles. The minimum absolute atomic E-state index is 0.0880. The van der Waals surface area contributed by atoms with E-state index in [0.717, 1.165) is 25.7 Å². The highest BCUT2D eigenvalue weighted by molar-refractivity contribution is 5.72. The highest BCUT2D eigenvalue weighted by atomic mass is 16.5. The average molecular weight is 369 g/mol. The predicted molar refractivity (Wildman–Crippen MR) is 115 cm³/mol. The van der Waals surface area contributed by atoms with Gasteiger partial charge < -0.3 is 4.74 Å². The molecule has 0 fully saturated rings. The predicted octanol–water partition coefficient (Wildman–Crippen LogP) is 8.08. The van der Waals surface area contributed by atoms with E-state index >= 15 is 0 Å². The minimum atomic E-state index is 0.0880. The van der Waals surface area contributed by atoms with Crippen LogP contribution in [0.3, 0.4) is 0 Å². The summed E-state index contributed by atoms with van der Waals surface area (Å²) in [6.45, 7) is 9.60. The van der Waals surface area contributed by atoms with Gasteiger partial charge in [0.2, 0.25) is 0 Å². The SMILES string of the molecule is CCCCCCC(CCCC)COC(=O)C(CCCC)CCCCCC. The van der Waals surface area contributed by atoms with Gasteiger partial charge in [0.1, 0.15) is 0 Å². The molecule has 0 amide bonds. The van der Waals surface area contributed by atoms with E-state index in [-0.39, 0.29) is 11.9 Å². The van der Waals surface area contributed by atoms with E-state index in [4.69, 9.17) is 4.74 Å². The van der Waals surface area contributed by atoms with Crippen molar-refractivity contribution in [2.24, 2.45) is 11.8 Å². The van der Waals surface area contributed by atoms with Crippen LogP contribution in [0.4, 0.5) is 0 Å². The summed E-state index contributed by atoms with van der Waals surface area (Å²) in [6.07, 6.45) is 19.5. The summed E-state index contributed by atoms with van der Waals surface area (Å²) in [5.41, 5.74) is 0. The Balaban J connectivity index is 4.33. The van der Waals surface area contributed by atoms with Gasteiger partial charge in [-0.15, -0.1) is 0 Å². The van der Waals surface area contributed by atoms with Crippen LogP contribution in [0, 0.1) is 11.8 Å². The molecule has 2 unspecified atom stereocenters. The lowest BCUT2D eigenvalue weighted by Gasteiger charge is -2.20. The fourth-order valence-corrected chi connectivity index (χ4v) is 3.63. The molecule has 2 heteroatoms. The Bertz CT molecular complexity index is 301. The monoisotopic (exact) mass is 368 g/mol. The molecule has 156 valence electrons. The fourth-order valence-electron chi connectivity index (χ4n) is 3.63. The quantitative estimate of drug-likeness (QED) is 0.170. The average Bonchev–Trinajstić information content (AvgIpc) is 2.65. The Hall–Kier alpha value is -0.530. The van der Waals surface area contributed by atoms with Crippen molar-refractivity contribution in [2.75, 3.05) is 6.61 Å². The van der Waals surface area contributed by atoms with Gasteiger partial charge in [0.15, 0.2) is 0 Å². The van der Waals surface area contributed by atoms with Gasteiger partial charge in [-0.1, -0.05) is 105 Å². The van der Waals surface area contributed by atoms with Crippen LogP contribution in [0.15, 0.2) is 0 Å². The zero-order chi connectivity index (χ0) is 19.5. The van der Waals surface area contributed by atoms with Crippen LogP contribution >= 0.6 is 0 Å². The normalized spacial score (nSPS) is 13.5. The number of unbranched alkanes of at least 4 members (excludes halogenated alkanes) is 8. The van der Waals surface area contributed by atoms with Gasteiger partial charge in [0, 0.05) is 0 Å². The molecule has 26 heavy (non-hydrogen) atoms. The highest BCUT2D eigenvalue weighted by Gasteiger charge is 2.20. The zero-order valence-corrected chi connectivity index (χ0v) is 18.5. The van der Waals surface area contributed by atoms with E-state index in [1.807, 2.05) is 0 Å². The largest absolute Gasteiger partial charge is 0.465 e. The van der Waals surface area contributed by atoms with Crippen LogP contribution in [-0.4, -0.2) is 12.6 Å². The number of hydrogen-bond acceptors (Lipinski definition) is 2. The number of esters is 1. The molecule has 0 radical (unpaired) electrons. The number of hydrogen-bond donors (Lipinski definition) is 0. The summed E-state index contributed by atoms with van der Waals surface area (Å²) in [5.74, 6) is 0.798. The molecule has 0 N–H and O–H groups in total. The molecular formula is C24H48O2. The molecule has 0 saturated heterocycles. The van der Waals surface area contributed by atoms with E-state index in [2.05, 4.69) is 27.7 Å². The Morgan fingerprint density at radius 1 is 0.615 bits per heavy atom. The molecule has 0 aromatic carbocycles. The third kappa shape index (κ3) is 14.6. The van der Waals surface area contributed by atoms with Crippen LogP contribution in [0.25, 0.3) is 0 Å². The Labute approximate surface area is 164 Å². The third-order valence-electron chi connectivity index (χ3n) is 5.54. The topological polar surface area (TPSA) is 26.3 Å². The lowest BCUT2D eigenvalue weighted by atomic mass is 9.94. The van der Waals surface area contributed by atoms with E-state index in [1.165, 1.54) is 77.0 Å². The van der Waals surface area contributed by atoms with E-state index in [0.29, 0.717) is 12.5 Å². The molecule has 0 aromatic rings. The molecule has 0 spiro atoms. The van der Waals surface area contributed by atoms with Crippen molar-refractivity contribution in [1.29, 1.82) is 0 Å². The summed E-state index contributed by atoms with van der Waals surface area (Å²) in [6, 6.07) is 0. The third-order valence-corrected chi connectivity index (χ3v) is 5.54. The second-order valence-corrected chi connectivity index (χ2v) is 8.18. The molecular weight excluding hydrogens is 320 g/mol. The molecule has 0 aromatic heterocycles. The van der Waals surface area contributed by atoms with Gasteiger partial charge >= 0.3 is 5.97 Å². The number of carbonyl (C=O) groups excluding carboxylic acids is 1. The van der Waals surface area contributed by atoms with Crippen molar-refractivity contribution in [3.63, 3.8) is 0 Å². The first-order valence-electron chi connectivity index (χ1n) is 11.9. The maximum absolute atomic E-state index is 12.6. The van der Waals surface area contributed by atoms with Crippen LogP contribution in [0.5, 0.6) is 0 Å². The standard InChI is InChI=1S/C24H48O2/c1-5-9-13-15-18-22(17-11-7-3)21-26-24(25)23(19-12-8-4)20-16-14-10-6-2/h22-23H,5-21H2,1-4H3. The Morgan fingerprint density at radius 3 is 1.65 bits per heavy atom. The summed E-state index contributed by atoms with van der Waals surface area (Å²) in [5, 5.41) is 0. The minimum Gasteiger partial charge on any atom is -0.465 e. The van der Waals surface area contributed by atoms with Crippen LogP contribution in [0.1, 0.15) is 130 Å². The lowest BCUT2D eigenvalue weighted by Crippen LogP contribution is -2.22. The fraction of sp³-hybridized carbons (Fsp3) is 0.958. The lowest BCUT2D eigenvalue weighted by molar-refractivity contribution is -0.150. The second kappa shape index (κ2) is 19.2.